The summed E-state index contributed by atoms with van der Waals surface area (Å²) in [7, 11) is 1.17. The third-order valence-electron chi connectivity index (χ3n) is 2.84. The van der Waals surface area contributed by atoms with Crippen molar-refractivity contribution in [3.63, 3.8) is 0 Å². The van der Waals surface area contributed by atoms with Gasteiger partial charge in [0, 0.05) is 22.5 Å². The zero-order valence-corrected chi connectivity index (χ0v) is 15.4. The molecule has 0 radical (unpaired) electrons. The van der Waals surface area contributed by atoms with Gasteiger partial charge in [-0.05, 0) is 32.9 Å². The Morgan fingerprint density at radius 1 is 1.38 bits per heavy atom. The molecule has 0 aromatic heterocycles. The molecule has 1 atom stereocenters. The number of carbonyl (C=O) groups is 2. The maximum atomic E-state index is 11.9. The lowest BCUT2D eigenvalue weighted by molar-refractivity contribution is -0.385. The van der Waals surface area contributed by atoms with E-state index in [2.05, 4.69) is 26.0 Å². The Bertz CT molecular complexity index is 641. The van der Waals surface area contributed by atoms with Gasteiger partial charge < -0.3 is 14.8 Å². The van der Waals surface area contributed by atoms with Crippen LogP contribution in [0.2, 0.25) is 0 Å². The van der Waals surface area contributed by atoms with Crippen LogP contribution >= 0.6 is 15.9 Å². The molecule has 132 valence electrons. The van der Waals surface area contributed by atoms with Gasteiger partial charge in [0.2, 0.25) is 0 Å². The fourth-order valence-electron chi connectivity index (χ4n) is 1.90. The van der Waals surface area contributed by atoms with Gasteiger partial charge in [-0.2, -0.15) is 0 Å². The number of alkyl carbamates (subject to hydrolysis) is 1. The number of nitro groups is 1. The van der Waals surface area contributed by atoms with Gasteiger partial charge in [-0.15, -0.1) is 0 Å². The molecule has 0 spiro atoms. The van der Waals surface area contributed by atoms with Gasteiger partial charge >= 0.3 is 12.1 Å². The third kappa shape index (κ3) is 6.15. The van der Waals surface area contributed by atoms with E-state index < -0.39 is 28.6 Å². The number of carbonyl (C=O) groups excluding carboxylic acids is 2. The highest BCUT2D eigenvalue weighted by Crippen LogP contribution is 2.24. The van der Waals surface area contributed by atoms with E-state index in [1.54, 1.807) is 20.8 Å². The van der Waals surface area contributed by atoms with E-state index in [1.165, 1.54) is 25.3 Å². The van der Waals surface area contributed by atoms with Gasteiger partial charge in [-0.25, -0.2) is 9.59 Å². The van der Waals surface area contributed by atoms with Gasteiger partial charge in [0.05, 0.1) is 12.0 Å². The van der Waals surface area contributed by atoms with E-state index in [4.69, 9.17) is 4.74 Å². The molecule has 0 aliphatic carbocycles. The highest BCUT2D eigenvalue weighted by Gasteiger charge is 2.28. The predicted octanol–water partition coefficient (Wildman–Crippen LogP) is 2.97. The number of nitrogens with zero attached hydrogens (tertiary/aromatic N) is 1. The van der Waals surface area contributed by atoms with Crippen molar-refractivity contribution in [2.45, 2.75) is 38.8 Å². The topological polar surface area (TPSA) is 108 Å². The summed E-state index contributed by atoms with van der Waals surface area (Å²) in [6, 6.07) is 3.25. The monoisotopic (exact) mass is 402 g/mol. The minimum Gasteiger partial charge on any atom is -0.467 e. The maximum Gasteiger partial charge on any atom is 0.408 e. The first-order valence-corrected chi connectivity index (χ1v) is 7.83. The van der Waals surface area contributed by atoms with Crippen molar-refractivity contribution in [1.29, 1.82) is 0 Å². The standard InChI is InChI=1S/C15H19BrN2O6/c1-15(2,3)24-14(20)17-11(13(19)23-4)8-9-7-10(16)5-6-12(9)18(21)22/h5-7,11H,8H2,1-4H3,(H,17,20)/t11-/m0/s1. The quantitative estimate of drug-likeness (QED) is 0.460. The molecule has 0 aliphatic heterocycles. The molecule has 1 aromatic carbocycles. The zero-order valence-electron chi connectivity index (χ0n) is 13.8. The van der Waals surface area contributed by atoms with Gasteiger partial charge in [0.15, 0.2) is 0 Å². The van der Waals surface area contributed by atoms with Crippen molar-refractivity contribution >= 4 is 33.7 Å². The molecule has 0 unspecified atom stereocenters. The average Bonchev–Trinajstić information content (AvgIpc) is 2.43. The van der Waals surface area contributed by atoms with Gasteiger partial charge in [0.1, 0.15) is 11.6 Å². The van der Waals surface area contributed by atoms with E-state index in [-0.39, 0.29) is 17.7 Å². The van der Waals surface area contributed by atoms with Crippen LogP contribution in [0.25, 0.3) is 0 Å². The fourth-order valence-corrected chi connectivity index (χ4v) is 2.31. The normalized spacial score (nSPS) is 12.2. The van der Waals surface area contributed by atoms with Crippen molar-refractivity contribution in [2.75, 3.05) is 7.11 Å². The third-order valence-corrected chi connectivity index (χ3v) is 3.33. The highest BCUT2D eigenvalue weighted by molar-refractivity contribution is 9.10. The Morgan fingerprint density at radius 3 is 2.50 bits per heavy atom. The smallest absolute Gasteiger partial charge is 0.408 e. The molecule has 1 aromatic rings. The zero-order chi connectivity index (χ0) is 18.5. The molecule has 0 bridgehead atoms. The molecule has 1 rings (SSSR count). The Morgan fingerprint density at radius 2 is 2.00 bits per heavy atom. The molecule has 9 heteroatoms. The summed E-state index contributed by atoms with van der Waals surface area (Å²) in [6.45, 7) is 5.04. The number of hydrogen-bond acceptors (Lipinski definition) is 6. The Balaban J connectivity index is 3.03. The number of hydrogen-bond donors (Lipinski definition) is 1. The number of amides is 1. The van der Waals surface area contributed by atoms with Crippen LogP contribution in [-0.4, -0.2) is 35.7 Å². The molecular formula is C15H19BrN2O6. The SMILES string of the molecule is COC(=O)[C@H](Cc1cc(Br)ccc1[N+](=O)[O-])NC(=O)OC(C)(C)C. The summed E-state index contributed by atoms with van der Waals surface area (Å²) in [6.07, 6.45) is -0.919. The van der Waals surface area contributed by atoms with Crippen molar-refractivity contribution in [3.05, 3.63) is 38.3 Å². The summed E-state index contributed by atoms with van der Waals surface area (Å²) in [5.41, 5.74) is -0.620. The van der Waals surface area contributed by atoms with Crippen LogP contribution in [0.15, 0.2) is 22.7 Å². The van der Waals surface area contributed by atoms with E-state index in [9.17, 15) is 19.7 Å². The first-order chi connectivity index (χ1) is 11.0. The molecule has 0 saturated carbocycles. The van der Waals surface area contributed by atoms with E-state index >= 15 is 0 Å². The van der Waals surface area contributed by atoms with Crippen LogP contribution in [0.5, 0.6) is 0 Å². The molecular weight excluding hydrogens is 384 g/mol. The van der Waals surface area contributed by atoms with Crippen molar-refractivity contribution < 1.29 is 24.0 Å². The van der Waals surface area contributed by atoms with E-state index in [0.29, 0.717) is 4.47 Å². The van der Waals surface area contributed by atoms with Crippen LogP contribution in [0, 0.1) is 10.1 Å². The number of esters is 1. The second kappa shape index (κ2) is 8.09. The molecule has 24 heavy (non-hydrogen) atoms. The Hall–Kier alpha value is -2.16. The summed E-state index contributed by atoms with van der Waals surface area (Å²) >= 11 is 3.23. The van der Waals surface area contributed by atoms with E-state index in [0.717, 1.165) is 0 Å². The Labute approximate surface area is 147 Å². The molecule has 0 saturated heterocycles. The van der Waals surface area contributed by atoms with Crippen molar-refractivity contribution in [2.24, 2.45) is 0 Å². The minimum atomic E-state index is -1.11. The summed E-state index contributed by atoms with van der Waals surface area (Å²) in [4.78, 5) is 34.4. The number of ether oxygens (including phenoxy) is 2. The maximum absolute atomic E-state index is 11.9. The molecule has 8 nitrogen and oxygen atoms in total. The summed E-state index contributed by atoms with van der Waals surface area (Å²) < 4.78 is 10.4. The van der Waals surface area contributed by atoms with Gasteiger partial charge in [0.25, 0.3) is 5.69 Å². The lowest BCUT2D eigenvalue weighted by Crippen LogP contribution is -2.45. The van der Waals surface area contributed by atoms with Crippen LogP contribution in [0.3, 0.4) is 0 Å². The molecule has 1 N–H and O–H groups in total. The number of nitro benzene ring substituents is 1. The number of nitrogens with one attached hydrogen (secondary N) is 1. The predicted molar refractivity (Wildman–Crippen MR) is 89.7 cm³/mol. The highest BCUT2D eigenvalue weighted by atomic mass is 79.9. The lowest BCUT2D eigenvalue weighted by Gasteiger charge is -2.22. The van der Waals surface area contributed by atoms with Crippen LogP contribution in [-0.2, 0) is 20.7 Å². The molecule has 0 fully saturated rings. The first-order valence-electron chi connectivity index (χ1n) is 7.03. The lowest BCUT2D eigenvalue weighted by atomic mass is 10.0. The molecule has 0 aliphatic rings. The Kier molecular flexibility index (Phi) is 6.70. The van der Waals surface area contributed by atoms with Crippen molar-refractivity contribution in [3.8, 4) is 0 Å². The number of rotatable bonds is 5. The van der Waals surface area contributed by atoms with Gasteiger partial charge in [-0.3, -0.25) is 10.1 Å². The summed E-state index contributed by atoms with van der Waals surface area (Å²) in [5.74, 6) is -0.727. The van der Waals surface area contributed by atoms with Crippen molar-refractivity contribution in [1.82, 2.24) is 5.32 Å². The van der Waals surface area contributed by atoms with Crippen LogP contribution in [0.1, 0.15) is 26.3 Å². The van der Waals surface area contributed by atoms with Gasteiger partial charge in [-0.1, -0.05) is 15.9 Å². The van der Waals surface area contributed by atoms with E-state index in [1.807, 2.05) is 0 Å². The number of benzene rings is 1. The molecule has 1 amide bonds. The van der Waals surface area contributed by atoms with Crippen LogP contribution < -0.4 is 5.32 Å². The fraction of sp³-hybridized carbons (Fsp3) is 0.467. The second-order valence-corrected chi connectivity index (χ2v) is 6.87. The largest absolute Gasteiger partial charge is 0.467 e. The minimum absolute atomic E-state index is 0.109. The average molecular weight is 403 g/mol. The number of halogens is 1. The number of methoxy groups -OCH3 is 1. The first kappa shape index (κ1) is 19.9. The summed E-state index contributed by atoms with van der Waals surface area (Å²) in [5, 5.41) is 13.5. The molecule has 0 heterocycles. The van der Waals surface area contributed by atoms with Crippen LogP contribution in [0.4, 0.5) is 10.5 Å². The second-order valence-electron chi connectivity index (χ2n) is 5.96.